The van der Waals surface area contributed by atoms with Crippen LogP contribution in [0, 0.1) is 0 Å². The van der Waals surface area contributed by atoms with Crippen molar-refractivity contribution >= 4 is 11.7 Å². The van der Waals surface area contributed by atoms with Gasteiger partial charge in [-0.1, -0.05) is 0 Å². The Morgan fingerprint density at radius 3 is 2.67 bits per heavy atom. The van der Waals surface area contributed by atoms with E-state index in [0.29, 0.717) is 29.4 Å². The number of hydrazone groups is 1. The second-order valence-corrected chi connectivity index (χ2v) is 5.25. The molecule has 21 heavy (non-hydrogen) atoms. The number of ether oxygens (including phenoxy) is 3. The summed E-state index contributed by atoms with van der Waals surface area (Å²) in [5.41, 5.74) is 8.23. The average molecular weight is 293 g/mol. The molecule has 0 saturated heterocycles. The molecule has 1 aromatic rings. The van der Waals surface area contributed by atoms with Gasteiger partial charge in [0.05, 0.1) is 19.9 Å². The standard InChI is InChI=1S/C14H19N3O4/c1-14(2)7-9(16-17-13(15)18)8-5-6-10(19-3)12(20-4)11(8)21-14/h5-6H,7H2,1-4H3,(H3,15,17,18)/b16-9+. The van der Waals surface area contributed by atoms with Crippen LogP contribution in [0.15, 0.2) is 17.2 Å². The number of amides is 2. The van der Waals surface area contributed by atoms with Crippen molar-refractivity contribution in [2.24, 2.45) is 10.8 Å². The summed E-state index contributed by atoms with van der Waals surface area (Å²) in [4.78, 5) is 10.9. The highest BCUT2D eigenvalue weighted by Crippen LogP contribution is 2.45. The van der Waals surface area contributed by atoms with Gasteiger partial charge in [-0.3, -0.25) is 0 Å². The highest BCUT2D eigenvalue weighted by molar-refractivity contribution is 6.05. The minimum atomic E-state index is -0.714. The van der Waals surface area contributed by atoms with Gasteiger partial charge in [0.1, 0.15) is 5.60 Å². The molecule has 0 bridgehead atoms. The minimum absolute atomic E-state index is 0.495. The molecule has 1 aliphatic heterocycles. The van der Waals surface area contributed by atoms with Gasteiger partial charge in [-0.25, -0.2) is 10.2 Å². The zero-order valence-corrected chi connectivity index (χ0v) is 12.5. The van der Waals surface area contributed by atoms with Crippen molar-refractivity contribution in [1.29, 1.82) is 0 Å². The molecule has 7 nitrogen and oxygen atoms in total. The number of hydrogen-bond acceptors (Lipinski definition) is 5. The minimum Gasteiger partial charge on any atom is -0.493 e. The molecule has 0 atom stereocenters. The van der Waals surface area contributed by atoms with Crippen molar-refractivity contribution < 1.29 is 19.0 Å². The Labute approximate surface area is 123 Å². The van der Waals surface area contributed by atoms with Crippen molar-refractivity contribution in [3.05, 3.63) is 17.7 Å². The predicted octanol–water partition coefficient (Wildman–Crippen LogP) is 1.64. The summed E-state index contributed by atoms with van der Waals surface area (Å²) in [6.45, 7) is 3.85. The molecule has 1 heterocycles. The highest BCUT2D eigenvalue weighted by Gasteiger charge is 2.34. The Balaban J connectivity index is 2.57. The van der Waals surface area contributed by atoms with E-state index in [1.54, 1.807) is 20.3 Å². The number of carbonyl (C=O) groups is 1. The van der Waals surface area contributed by atoms with Crippen LogP contribution in [0.25, 0.3) is 0 Å². The molecule has 0 fully saturated rings. The van der Waals surface area contributed by atoms with Crippen LogP contribution in [-0.2, 0) is 0 Å². The van der Waals surface area contributed by atoms with Gasteiger partial charge in [0, 0.05) is 12.0 Å². The number of nitrogens with zero attached hydrogens (tertiary/aromatic N) is 1. The average Bonchev–Trinajstić information content (AvgIpc) is 2.42. The Kier molecular flexibility index (Phi) is 3.93. The largest absolute Gasteiger partial charge is 0.493 e. The maximum atomic E-state index is 10.9. The lowest BCUT2D eigenvalue weighted by Crippen LogP contribution is -2.38. The molecule has 2 amide bonds. The van der Waals surface area contributed by atoms with Gasteiger partial charge in [-0.15, -0.1) is 0 Å². The zero-order valence-electron chi connectivity index (χ0n) is 12.5. The molecule has 3 N–H and O–H groups in total. The molecule has 1 aromatic carbocycles. The number of fused-ring (bicyclic) bond motifs is 1. The quantitative estimate of drug-likeness (QED) is 0.828. The first-order valence-corrected chi connectivity index (χ1v) is 6.44. The smallest absolute Gasteiger partial charge is 0.332 e. The fourth-order valence-electron chi connectivity index (χ4n) is 2.26. The number of nitrogens with two attached hydrogens (primary N) is 1. The number of hydrogen-bond donors (Lipinski definition) is 2. The molecular weight excluding hydrogens is 274 g/mol. The molecule has 0 unspecified atom stereocenters. The first-order chi connectivity index (χ1) is 9.88. The predicted molar refractivity (Wildman–Crippen MR) is 78.1 cm³/mol. The number of nitrogens with one attached hydrogen (secondary N) is 1. The fourth-order valence-corrected chi connectivity index (χ4v) is 2.26. The van der Waals surface area contributed by atoms with E-state index in [4.69, 9.17) is 19.9 Å². The first kappa shape index (κ1) is 15.0. The van der Waals surface area contributed by atoms with E-state index in [2.05, 4.69) is 10.5 Å². The molecule has 2 rings (SSSR count). The van der Waals surface area contributed by atoms with Gasteiger partial charge in [-0.2, -0.15) is 5.10 Å². The van der Waals surface area contributed by atoms with Crippen LogP contribution in [0.3, 0.4) is 0 Å². The number of rotatable bonds is 3. The van der Waals surface area contributed by atoms with Gasteiger partial charge in [0.2, 0.25) is 5.75 Å². The van der Waals surface area contributed by atoms with Crippen LogP contribution in [0.4, 0.5) is 4.79 Å². The third-order valence-corrected chi connectivity index (χ3v) is 3.08. The normalized spacial score (nSPS) is 17.6. The number of benzene rings is 1. The van der Waals surface area contributed by atoms with E-state index in [9.17, 15) is 4.79 Å². The Bertz CT molecular complexity index is 596. The molecule has 1 aliphatic rings. The van der Waals surface area contributed by atoms with Crippen molar-refractivity contribution in [1.82, 2.24) is 5.43 Å². The molecule has 0 saturated carbocycles. The number of methoxy groups -OCH3 is 2. The summed E-state index contributed by atoms with van der Waals surface area (Å²) in [5.74, 6) is 1.60. The monoisotopic (exact) mass is 293 g/mol. The van der Waals surface area contributed by atoms with Gasteiger partial charge in [0.25, 0.3) is 0 Å². The molecule has 0 aliphatic carbocycles. The lowest BCUT2D eigenvalue weighted by Gasteiger charge is -2.34. The lowest BCUT2D eigenvalue weighted by atomic mass is 9.92. The van der Waals surface area contributed by atoms with E-state index >= 15 is 0 Å². The molecule has 0 radical (unpaired) electrons. The summed E-state index contributed by atoms with van der Waals surface area (Å²) in [6.07, 6.45) is 0.524. The van der Waals surface area contributed by atoms with Crippen LogP contribution >= 0.6 is 0 Å². The van der Waals surface area contributed by atoms with Gasteiger partial charge in [-0.05, 0) is 26.0 Å². The summed E-state index contributed by atoms with van der Waals surface area (Å²) >= 11 is 0. The maximum Gasteiger partial charge on any atom is 0.332 e. The van der Waals surface area contributed by atoms with Crippen LogP contribution in [0.1, 0.15) is 25.8 Å². The van der Waals surface area contributed by atoms with Gasteiger partial charge in [0.15, 0.2) is 11.5 Å². The van der Waals surface area contributed by atoms with Crippen molar-refractivity contribution in [2.75, 3.05) is 14.2 Å². The van der Waals surface area contributed by atoms with E-state index < -0.39 is 11.6 Å². The molecule has 7 heteroatoms. The second-order valence-electron chi connectivity index (χ2n) is 5.25. The van der Waals surface area contributed by atoms with Crippen LogP contribution in [0.5, 0.6) is 17.2 Å². The van der Waals surface area contributed by atoms with E-state index in [1.807, 2.05) is 19.9 Å². The first-order valence-electron chi connectivity index (χ1n) is 6.44. The SMILES string of the molecule is COc1ccc2c(c1OC)OC(C)(C)C/C2=N\NC(N)=O. The maximum absolute atomic E-state index is 10.9. The third-order valence-electron chi connectivity index (χ3n) is 3.08. The van der Waals surface area contributed by atoms with E-state index in [1.165, 1.54) is 0 Å². The zero-order chi connectivity index (χ0) is 15.6. The van der Waals surface area contributed by atoms with Crippen molar-refractivity contribution in [2.45, 2.75) is 25.9 Å². The number of carbonyl (C=O) groups excluding carboxylic acids is 1. The van der Waals surface area contributed by atoms with E-state index in [0.717, 1.165) is 5.56 Å². The summed E-state index contributed by atoms with van der Waals surface area (Å²) in [6, 6.07) is 2.86. The molecule has 114 valence electrons. The molecule has 0 aromatic heterocycles. The van der Waals surface area contributed by atoms with E-state index in [-0.39, 0.29) is 0 Å². The molecule has 0 spiro atoms. The second kappa shape index (κ2) is 5.51. The Hall–Kier alpha value is -2.44. The third kappa shape index (κ3) is 3.01. The summed E-state index contributed by atoms with van der Waals surface area (Å²) < 4.78 is 16.6. The van der Waals surface area contributed by atoms with Gasteiger partial charge >= 0.3 is 6.03 Å². The molecular formula is C14H19N3O4. The Morgan fingerprint density at radius 1 is 1.38 bits per heavy atom. The highest BCUT2D eigenvalue weighted by atomic mass is 16.5. The number of primary amides is 1. The summed E-state index contributed by atoms with van der Waals surface area (Å²) in [7, 11) is 3.10. The van der Waals surface area contributed by atoms with Crippen molar-refractivity contribution in [3.63, 3.8) is 0 Å². The number of urea groups is 1. The summed E-state index contributed by atoms with van der Waals surface area (Å²) in [5, 5.41) is 4.07. The van der Waals surface area contributed by atoms with Crippen molar-refractivity contribution in [3.8, 4) is 17.2 Å². The fraction of sp³-hybridized carbons (Fsp3) is 0.429. The van der Waals surface area contributed by atoms with Crippen LogP contribution in [-0.4, -0.2) is 31.6 Å². The lowest BCUT2D eigenvalue weighted by molar-refractivity contribution is 0.105. The van der Waals surface area contributed by atoms with Gasteiger partial charge < -0.3 is 19.9 Å². The topological polar surface area (TPSA) is 95.2 Å². The van der Waals surface area contributed by atoms with Crippen LogP contribution < -0.4 is 25.4 Å². The van der Waals surface area contributed by atoms with Crippen LogP contribution in [0.2, 0.25) is 0 Å². The Morgan fingerprint density at radius 2 is 2.10 bits per heavy atom.